The van der Waals surface area contributed by atoms with Gasteiger partial charge in [0.15, 0.2) is 0 Å². The number of benzene rings is 1. The van der Waals surface area contributed by atoms with Crippen molar-refractivity contribution in [2.45, 2.75) is 11.4 Å². The average molecular weight is 355 g/mol. The van der Waals surface area contributed by atoms with Crippen LogP contribution in [-0.2, 0) is 16.6 Å². The van der Waals surface area contributed by atoms with Gasteiger partial charge in [0.05, 0.1) is 24.0 Å². The van der Waals surface area contributed by atoms with Crippen LogP contribution in [0, 0.1) is 0 Å². The van der Waals surface area contributed by atoms with Gasteiger partial charge < -0.3 is 4.42 Å². The maximum absolute atomic E-state index is 12.6. The Hall–Kier alpha value is -3.04. The summed E-state index contributed by atoms with van der Waals surface area (Å²) in [5.74, 6) is 0.338. The molecule has 25 heavy (non-hydrogen) atoms. The highest BCUT2D eigenvalue weighted by molar-refractivity contribution is 7.89. The van der Waals surface area contributed by atoms with Gasteiger partial charge >= 0.3 is 0 Å². The van der Waals surface area contributed by atoms with Crippen LogP contribution in [0.3, 0.4) is 0 Å². The smallest absolute Gasteiger partial charge is 0.245 e. The molecule has 0 atom stereocenters. The number of aromatic nitrogens is 4. The van der Waals surface area contributed by atoms with E-state index in [4.69, 9.17) is 4.42 Å². The summed E-state index contributed by atoms with van der Waals surface area (Å²) in [5, 5.41) is 7.31. The molecule has 0 amide bonds. The van der Waals surface area contributed by atoms with Gasteiger partial charge in [-0.05, 0) is 18.2 Å². The number of oxazole rings is 1. The van der Waals surface area contributed by atoms with Crippen molar-refractivity contribution >= 4 is 20.9 Å². The molecule has 126 valence electrons. The molecule has 0 radical (unpaired) electrons. The Morgan fingerprint density at radius 3 is 2.92 bits per heavy atom. The minimum atomic E-state index is -3.73. The Morgan fingerprint density at radius 1 is 1.16 bits per heavy atom. The Morgan fingerprint density at radius 2 is 2.08 bits per heavy atom. The summed E-state index contributed by atoms with van der Waals surface area (Å²) in [6, 6.07) is 10.3. The molecule has 8 nitrogen and oxygen atoms in total. The fraction of sp³-hybridized carbons (Fsp3) is 0.0625. The van der Waals surface area contributed by atoms with Crippen LogP contribution in [0.5, 0.6) is 0 Å². The normalized spacial score (nSPS) is 11.8. The molecular formula is C16H13N5O3S. The van der Waals surface area contributed by atoms with Crippen LogP contribution in [0.15, 0.2) is 64.4 Å². The topological polar surface area (TPSA) is 114 Å². The number of hydrogen-bond acceptors (Lipinski definition) is 6. The Balaban J connectivity index is 1.55. The highest BCUT2D eigenvalue weighted by Crippen LogP contribution is 2.21. The second-order valence-corrected chi connectivity index (χ2v) is 7.01. The predicted molar refractivity (Wildman–Crippen MR) is 89.9 cm³/mol. The maximum atomic E-state index is 12.6. The summed E-state index contributed by atoms with van der Waals surface area (Å²) in [6.07, 6.45) is 4.61. The fourth-order valence-electron chi connectivity index (χ4n) is 2.41. The third kappa shape index (κ3) is 3.02. The van der Waals surface area contributed by atoms with Crippen LogP contribution in [0.4, 0.5) is 0 Å². The van der Waals surface area contributed by atoms with Crippen molar-refractivity contribution in [1.29, 1.82) is 0 Å². The third-order valence-corrected chi connectivity index (χ3v) is 5.05. The quantitative estimate of drug-likeness (QED) is 0.567. The molecule has 0 saturated heterocycles. The number of rotatable bonds is 5. The average Bonchev–Trinajstić information content (AvgIpc) is 3.29. The minimum Gasteiger partial charge on any atom is -0.443 e. The van der Waals surface area contributed by atoms with E-state index in [1.54, 1.807) is 36.7 Å². The van der Waals surface area contributed by atoms with Crippen molar-refractivity contribution < 1.29 is 12.8 Å². The van der Waals surface area contributed by atoms with Crippen molar-refractivity contribution in [2.75, 3.05) is 0 Å². The summed E-state index contributed by atoms with van der Waals surface area (Å²) in [4.78, 5) is 8.53. The molecule has 0 saturated carbocycles. The maximum Gasteiger partial charge on any atom is 0.245 e. The van der Waals surface area contributed by atoms with Crippen LogP contribution < -0.4 is 4.72 Å². The lowest BCUT2D eigenvalue weighted by molar-refractivity contribution is 0.568. The SMILES string of the molecule is O=S(=O)(NCc1coc(-c2ccccn2)n1)c1cccc2cn[nH]c12. The second kappa shape index (κ2) is 6.11. The highest BCUT2D eigenvalue weighted by Gasteiger charge is 2.19. The lowest BCUT2D eigenvalue weighted by Gasteiger charge is -2.06. The molecule has 0 aliphatic heterocycles. The zero-order valence-corrected chi connectivity index (χ0v) is 13.7. The van der Waals surface area contributed by atoms with E-state index in [2.05, 4.69) is 24.9 Å². The number of H-pyrrole nitrogens is 1. The van der Waals surface area contributed by atoms with E-state index in [-0.39, 0.29) is 11.4 Å². The molecule has 1 aromatic carbocycles. The van der Waals surface area contributed by atoms with Gasteiger partial charge in [-0.3, -0.25) is 10.1 Å². The van der Waals surface area contributed by atoms with Crippen molar-refractivity contribution in [3.63, 3.8) is 0 Å². The van der Waals surface area contributed by atoms with Crippen LogP contribution in [0.25, 0.3) is 22.5 Å². The predicted octanol–water partition coefficient (Wildman–Crippen LogP) is 2.09. The number of nitrogens with zero attached hydrogens (tertiary/aromatic N) is 3. The summed E-state index contributed by atoms with van der Waals surface area (Å²) in [7, 11) is -3.73. The summed E-state index contributed by atoms with van der Waals surface area (Å²) >= 11 is 0. The van der Waals surface area contributed by atoms with Gasteiger partial charge in [0.25, 0.3) is 0 Å². The first-order valence-corrected chi connectivity index (χ1v) is 8.89. The number of sulfonamides is 1. The number of fused-ring (bicyclic) bond motifs is 1. The second-order valence-electron chi connectivity index (χ2n) is 5.27. The van der Waals surface area contributed by atoms with E-state index in [9.17, 15) is 8.42 Å². The summed E-state index contributed by atoms with van der Waals surface area (Å²) in [5.41, 5.74) is 1.50. The molecule has 3 heterocycles. The first-order valence-electron chi connectivity index (χ1n) is 7.41. The monoisotopic (exact) mass is 355 g/mol. The number of pyridine rings is 1. The number of hydrogen-bond donors (Lipinski definition) is 2. The zero-order chi connectivity index (χ0) is 17.3. The molecular weight excluding hydrogens is 342 g/mol. The highest BCUT2D eigenvalue weighted by atomic mass is 32.2. The lowest BCUT2D eigenvalue weighted by Crippen LogP contribution is -2.23. The minimum absolute atomic E-state index is 0.00317. The van der Waals surface area contributed by atoms with E-state index in [1.807, 2.05) is 6.07 Å². The molecule has 0 spiro atoms. The van der Waals surface area contributed by atoms with Crippen molar-refractivity contribution in [3.05, 3.63) is 60.7 Å². The summed E-state index contributed by atoms with van der Waals surface area (Å²) in [6.45, 7) is 0.00317. The lowest BCUT2D eigenvalue weighted by atomic mass is 10.3. The van der Waals surface area contributed by atoms with Crippen molar-refractivity contribution in [3.8, 4) is 11.6 Å². The van der Waals surface area contributed by atoms with Crippen LogP contribution in [0.1, 0.15) is 5.69 Å². The van der Waals surface area contributed by atoms with E-state index in [0.29, 0.717) is 22.8 Å². The van der Waals surface area contributed by atoms with Crippen LogP contribution in [0.2, 0.25) is 0 Å². The molecule has 0 unspecified atom stereocenters. The Bertz CT molecular complexity index is 1120. The van der Waals surface area contributed by atoms with Crippen molar-refractivity contribution in [1.82, 2.24) is 24.9 Å². The molecule has 0 aliphatic carbocycles. The fourth-order valence-corrected chi connectivity index (χ4v) is 3.59. The molecule has 0 bridgehead atoms. The number of para-hydroxylation sites is 1. The van der Waals surface area contributed by atoms with Gasteiger partial charge in [-0.15, -0.1) is 0 Å². The van der Waals surface area contributed by atoms with Gasteiger partial charge in [0.1, 0.15) is 16.9 Å². The molecule has 2 N–H and O–H groups in total. The Kier molecular flexibility index (Phi) is 3.79. The van der Waals surface area contributed by atoms with Gasteiger partial charge in [-0.1, -0.05) is 18.2 Å². The first-order chi connectivity index (χ1) is 12.1. The van der Waals surface area contributed by atoms with Gasteiger partial charge in [0.2, 0.25) is 15.9 Å². The van der Waals surface area contributed by atoms with E-state index in [0.717, 1.165) is 5.39 Å². The van der Waals surface area contributed by atoms with E-state index >= 15 is 0 Å². The molecule has 0 fully saturated rings. The van der Waals surface area contributed by atoms with Crippen LogP contribution >= 0.6 is 0 Å². The van der Waals surface area contributed by atoms with E-state index in [1.165, 1.54) is 12.3 Å². The van der Waals surface area contributed by atoms with E-state index < -0.39 is 10.0 Å². The Labute approximate surface area is 143 Å². The molecule has 4 rings (SSSR count). The number of nitrogens with one attached hydrogen (secondary N) is 2. The summed E-state index contributed by atoms with van der Waals surface area (Å²) < 4.78 is 33.0. The van der Waals surface area contributed by atoms with Gasteiger partial charge in [-0.25, -0.2) is 18.1 Å². The van der Waals surface area contributed by atoms with Crippen LogP contribution in [-0.4, -0.2) is 28.6 Å². The largest absolute Gasteiger partial charge is 0.443 e. The molecule has 0 aliphatic rings. The first kappa shape index (κ1) is 15.5. The third-order valence-electron chi connectivity index (χ3n) is 3.61. The van der Waals surface area contributed by atoms with Crippen molar-refractivity contribution in [2.24, 2.45) is 0 Å². The molecule has 3 aromatic heterocycles. The van der Waals surface area contributed by atoms with Gasteiger partial charge in [0, 0.05) is 11.6 Å². The standard InChI is InChI=1S/C16H13N5O3S/c22-25(23,14-6-3-4-11-8-18-21-15(11)14)19-9-12-10-24-16(20-12)13-5-1-2-7-17-13/h1-8,10,19H,9H2,(H,18,21). The molecule has 4 aromatic rings. The number of aromatic amines is 1. The molecule has 9 heteroatoms. The zero-order valence-electron chi connectivity index (χ0n) is 12.9. The van der Waals surface area contributed by atoms with Gasteiger partial charge in [-0.2, -0.15) is 5.10 Å².